The minimum Gasteiger partial charge on any atom is -0.490 e. The predicted molar refractivity (Wildman–Crippen MR) is 146 cm³/mol. The van der Waals surface area contributed by atoms with Crippen LogP contribution in [0.25, 0.3) is 6.08 Å². The average molecular weight is 604 g/mol. The van der Waals surface area contributed by atoms with E-state index in [1.54, 1.807) is 60.7 Å². The number of carbonyl (C=O) groups is 3. The number of nitrogens with zero attached hydrogens (tertiary/aromatic N) is 1. The van der Waals surface area contributed by atoms with Crippen molar-refractivity contribution >= 4 is 68.7 Å². The van der Waals surface area contributed by atoms with E-state index in [-0.39, 0.29) is 24.0 Å². The van der Waals surface area contributed by atoms with Crippen LogP contribution in [0.2, 0.25) is 10.0 Å². The van der Waals surface area contributed by atoms with Crippen molar-refractivity contribution in [2.24, 2.45) is 0 Å². The number of nitrogens with one attached hydrogen (secondary N) is 1. The molecule has 0 bridgehead atoms. The van der Waals surface area contributed by atoms with Gasteiger partial charge in [-0.05, 0) is 89.9 Å². The van der Waals surface area contributed by atoms with Crippen LogP contribution in [0, 0.1) is 0 Å². The highest BCUT2D eigenvalue weighted by Crippen LogP contribution is 2.30. The number of ether oxygens (including phenoxy) is 2. The average Bonchev–Trinajstić information content (AvgIpc) is 2.83. The molecule has 0 aliphatic carbocycles. The van der Waals surface area contributed by atoms with Crippen molar-refractivity contribution < 1.29 is 23.9 Å². The van der Waals surface area contributed by atoms with E-state index in [4.69, 9.17) is 32.7 Å². The van der Waals surface area contributed by atoms with Gasteiger partial charge in [-0.1, -0.05) is 35.3 Å². The summed E-state index contributed by atoms with van der Waals surface area (Å²) < 4.78 is 12.1. The molecule has 0 spiro atoms. The number of carbonyl (C=O) groups excluding carboxylic acids is 3. The highest BCUT2D eigenvalue weighted by atomic mass is 79.9. The maximum absolute atomic E-state index is 13.2. The quantitative estimate of drug-likeness (QED) is 0.237. The molecule has 1 heterocycles. The monoisotopic (exact) mass is 602 g/mol. The summed E-state index contributed by atoms with van der Waals surface area (Å²) in [6.45, 7) is 4.02. The molecule has 10 heteroatoms. The minimum absolute atomic E-state index is 0.0159. The first-order valence-corrected chi connectivity index (χ1v) is 12.7. The number of benzene rings is 3. The molecule has 4 amide bonds. The predicted octanol–water partition coefficient (Wildman–Crippen LogP) is 6.79. The number of amides is 4. The third-order valence-electron chi connectivity index (χ3n) is 5.24. The number of rotatable bonds is 7. The normalized spacial score (nSPS) is 14.8. The Labute approximate surface area is 232 Å². The lowest BCUT2D eigenvalue weighted by Crippen LogP contribution is -2.54. The smallest absolute Gasteiger partial charge is 0.335 e. The Balaban J connectivity index is 1.52. The fourth-order valence-electron chi connectivity index (χ4n) is 3.51. The zero-order valence-electron chi connectivity index (χ0n) is 19.8. The fourth-order valence-corrected chi connectivity index (χ4v) is 4.46. The zero-order chi connectivity index (χ0) is 26.7. The lowest BCUT2D eigenvalue weighted by Gasteiger charge is -2.26. The van der Waals surface area contributed by atoms with Crippen molar-refractivity contribution in [3.05, 3.63) is 91.9 Å². The maximum atomic E-state index is 13.2. The first-order valence-electron chi connectivity index (χ1n) is 11.2. The van der Waals surface area contributed by atoms with Gasteiger partial charge in [-0.15, -0.1) is 0 Å². The van der Waals surface area contributed by atoms with Crippen LogP contribution in [0.1, 0.15) is 25.0 Å². The molecule has 190 valence electrons. The van der Waals surface area contributed by atoms with E-state index in [1.807, 2.05) is 13.8 Å². The van der Waals surface area contributed by atoms with Crippen LogP contribution in [-0.4, -0.2) is 23.9 Å². The summed E-state index contributed by atoms with van der Waals surface area (Å²) in [5.41, 5.74) is 1.44. The van der Waals surface area contributed by atoms with Crippen LogP contribution < -0.4 is 19.7 Å². The van der Waals surface area contributed by atoms with E-state index in [2.05, 4.69) is 21.2 Å². The number of halogens is 3. The van der Waals surface area contributed by atoms with Crippen molar-refractivity contribution in [2.45, 2.75) is 26.6 Å². The highest BCUT2D eigenvalue weighted by Gasteiger charge is 2.36. The Morgan fingerprint density at radius 1 is 1.00 bits per heavy atom. The molecule has 7 nitrogen and oxygen atoms in total. The van der Waals surface area contributed by atoms with Crippen LogP contribution >= 0.6 is 39.1 Å². The van der Waals surface area contributed by atoms with Crippen LogP contribution in [0.15, 0.2) is 70.7 Å². The SMILES string of the molecule is CC(C)Oc1ccc(/C=C2\C(=O)NC(=O)N(c3ccc(OCc4ccc(Cl)cc4Cl)cc3)C2=O)cc1Br. The van der Waals surface area contributed by atoms with Crippen molar-refractivity contribution in [3.8, 4) is 11.5 Å². The second kappa shape index (κ2) is 11.4. The molecule has 4 rings (SSSR count). The van der Waals surface area contributed by atoms with Crippen molar-refractivity contribution in [1.82, 2.24) is 5.32 Å². The fraction of sp³-hybridized carbons (Fsp3) is 0.148. The van der Waals surface area contributed by atoms with Gasteiger partial charge in [0.1, 0.15) is 23.7 Å². The molecular weight excluding hydrogens is 583 g/mol. The topological polar surface area (TPSA) is 84.9 Å². The summed E-state index contributed by atoms with van der Waals surface area (Å²) in [6.07, 6.45) is 1.41. The maximum Gasteiger partial charge on any atom is 0.335 e. The third kappa shape index (κ3) is 6.33. The van der Waals surface area contributed by atoms with E-state index in [0.29, 0.717) is 31.6 Å². The highest BCUT2D eigenvalue weighted by molar-refractivity contribution is 9.10. The molecule has 1 aliphatic heterocycles. The summed E-state index contributed by atoms with van der Waals surface area (Å²) >= 11 is 15.5. The van der Waals surface area contributed by atoms with Gasteiger partial charge in [-0.2, -0.15) is 0 Å². The number of hydrogen-bond donors (Lipinski definition) is 1. The first kappa shape index (κ1) is 26.7. The van der Waals surface area contributed by atoms with Crippen molar-refractivity contribution in [3.63, 3.8) is 0 Å². The molecular formula is C27H21BrCl2N2O5. The number of hydrogen-bond acceptors (Lipinski definition) is 5. The van der Waals surface area contributed by atoms with Gasteiger partial charge >= 0.3 is 6.03 Å². The van der Waals surface area contributed by atoms with Gasteiger partial charge in [-0.3, -0.25) is 14.9 Å². The molecule has 1 N–H and O–H groups in total. The zero-order valence-corrected chi connectivity index (χ0v) is 22.9. The van der Waals surface area contributed by atoms with Crippen molar-refractivity contribution in [1.29, 1.82) is 0 Å². The van der Waals surface area contributed by atoms with Gasteiger partial charge in [0.25, 0.3) is 11.8 Å². The van der Waals surface area contributed by atoms with E-state index in [9.17, 15) is 14.4 Å². The van der Waals surface area contributed by atoms with Crippen LogP contribution in [0.5, 0.6) is 11.5 Å². The summed E-state index contributed by atoms with van der Waals surface area (Å²) in [4.78, 5) is 39.1. The van der Waals surface area contributed by atoms with Gasteiger partial charge in [0.15, 0.2) is 0 Å². The van der Waals surface area contributed by atoms with Gasteiger partial charge in [0.2, 0.25) is 0 Å². The molecule has 1 saturated heterocycles. The first-order chi connectivity index (χ1) is 17.6. The Morgan fingerprint density at radius 2 is 1.73 bits per heavy atom. The lowest BCUT2D eigenvalue weighted by atomic mass is 10.1. The van der Waals surface area contributed by atoms with Gasteiger partial charge in [0.05, 0.1) is 16.3 Å². The summed E-state index contributed by atoms with van der Waals surface area (Å²) in [5, 5.41) is 3.23. The Morgan fingerprint density at radius 3 is 2.38 bits per heavy atom. The van der Waals surface area contributed by atoms with E-state index in [0.717, 1.165) is 10.5 Å². The Hall–Kier alpha value is -3.33. The Bertz CT molecular complexity index is 1410. The number of anilines is 1. The molecule has 0 aromatic heterocycles. The largest absolute Gasteiger partial charge is 0.490 e. The molecule has 0 atom stereocenters. The molecule has 0 unspecified atom stereocenters. The number of barbiturate groups is 1. The van der Waals surface area contributed by atoms with E-state index in [1.165, 1.54) is 6.08 Å². The number of imide groups is 2. The van der Waals surface area contributed by atoms with Gasteiger partial charge < -0.3 is 9.47 Å². The Kier molecular flexibility index (Phi) is 8.22. The molecule has 0 saturated carbocycles. The third-order valence-corrected chi connectivity index (χ3v) is 6.44. The van der Waals surface area contributed by atoms with E-state index < -0.39 is 17.8 Å². The minimum atomic E-state index is -0.837. The van der Waals surface area contributed by atoms with Gasteiger partial charge in [-0.25, -0.2) is 9.69 Å². The molecule has 37 heavy (non-hydrogen) atoms. The summed E-state index contributed by atoms with van der Waals surface area (Å²) in [6, 6.07) is 15.8. The van der Waals surface area contributed by atoms with Crippen LogP contribution in [0.3, 0.4) is 0 Å². The van der Waals surface area contributed by atoms with Crippen molar-refractivity contribution in [2.75, 3.05) is 4.90 Å². The second-order valence-corrected chi connectivity index (χ2v) is 10.0. The molecule has 0 radical (unpaired) electrons. The lowest BCUT2D eigenvalue weighted by molar-refractivity contribution is -0.122. The van der Waals surface area contributed by atoms with Gasteiger partial charge in [0, 0.05) is 15.6 Å². The summed E-state index contributed by atoms with van der Waals surface area (Å²) in [5.74, 6) is -0.382. The molecule has 3 aromatic rings. The molecule has 1 fully saturated rings. The molecule has 3 aromatic carbocycles. The molecule has 1 aliphatic rings. The second-order valence-electron chi connectivity index (χ2n) is 8.33. The summed E-state index contributed by atoms with van der Waals surface area (Å²) in [7, 11) is 0. The number of urea groups is 1. The standard InChI is InChI=1S/C27H21BrCl2N2O5/c1-15(2)37-24-10-3-16(12-22(24)28)11-21-25(33)31-27(35)32(26(21)34)19-6-8-20(9-7-19)36-14-17-4-5-18(29)13-23(17)30/h3-13,15H,14H2,1-2H3,(H,31,33,35)/b21-11+. The van der Waals surface area contributed by atoms with Crippen LogP contribution in [0.4, 0.5) is 10.5 Å². The van der Waals surface area contributed by atoms with E-state index >= 15 is 0 Å². The van der Waals surface area contributed by atoms with Crippen LogP contribution in [-0.2, 0) is 16.2 Å².